The molecule has 0 bridgehead atoms. The second kappa shape index (κ2) is 7.88. The Hall–Kier alpha value is -2.47. The van der Waals surface area contributed by atoms with Crippen LogP contribution in [0.3, 0.4) is 0 Å². The molecule has 126 valence electrons. The molecule has 0 aliphatic carbocycles. The van der Waals surface area contributed by atoms with E-state index in [1.54, 1.807) is 0 Å². The summed E-state index contributed by atoms with van der Waals surface area (Å²) in [5, 5.41) is 5.42. The molecule has 0 atom stereocenters. The lowest BCUT2D eigenvalue weighted by molar-refractivity contribution is 0.0954. The van der Waals surface area contributed by atoms with E-state index in [-0.39, 0.29) is 22.7 Å². The summed E-state index contributed by atoms with van der Waals surface area (Å²) in [6, 6.07) is 6.98. The van der Waals surface area contributed by atoms with E-state index in [9.17, 15) is 18.4 Å². The number of anilines is 1. The molecule has 24 heavy (non-hydrogen) atoms. The fraction of sp³-hybridized carbons (Fsp3) is 0.176. The van der Waals surface area contributed by atoms with Gasteiger partial charge in [0.05, 0.1) is 16.8 Å². The van der Waals surface area contributed by atoms with Crippen molar-refractivity contribution < 1.29 is 18.4 Å². The Morgan fingerprint density at radius 3 is 2.42 bits per heavy atom. The first-order chi connectivity index (χ1) is 11.4. The summed E-state index contributed by atoms with van der Waals surface area (Å²) in [7, 11) is 0. The summed E-state index contributed by atoms with van der Waals surface area (Å²) in [5.41, 5.74) is 0.00448. The average molecular weight is 353 g/mol. The van der Waals surface area contributed by atoms with E-state index in [4.69, 9.17) is 11.6 Å². The van der Waals surface area contributed by atoms with Crippen molar-refractivity contribution in [3.05, 3.63) is 64.2 Å². The first kappa shape index (κ1) is 17.9. The molecule has 2 amide bonds. The molecule has 7 heteroatoms. The summed E-state index contributed by atoms with van der Waals surface area (Å²) >= 11 is 5.90. The maximum Gasteiger partial charge on any atom is 0.258 e. The van der Waals surface area contributed by atoms with Gasteiger partial charge in [-0.25, -0.2) is 8.78 Å². The number of hydrogen-bond acceptors (Lipinski definition) is 2. The zero-order valence-corrected chi connectivity index (χ0v) is 13.6. The fourth-order valence-electron chi connectivity index (χ4n) is 2.01. The van der Waals surface area contributed by atoms with Crippen LogP contribution in [0, 0.1) is 11.6 Å². The van der Waals surface area contributed by atoms with Crippen molar-refractivity contribution in [1.29, 1.82) is 0 Å². The number of nitrogens with one attached hydrogen (secondary N) is 2. The van der Waals surface area contributed by atoms with Crippen LogP contribution >= 0.6 is 11.6 Å². The van der Waals surface area contributed by atoms with Gasteiger partial charge in [0.1, 0.15) is 11.6 Å². The molecule has 0 unspecified atom stereocenters. The maximum atomic E-state index is 13.7. The van der Waals surface area contributed by atoms with Gasteiger partial charge in [0.15, 0.2) is 0 Å². The minimum Gasteiger partial charge on any atom is -0.352 e. The van der Waals surface area contributed by atoms with Crippen molar-refractivity contribution in [2.45, 2.75) is 13.3 Å². The Morgan fingerprint density at radius 1 is 1.04 bits per heavy atom. The number of amides is 2. The van der Waals surface area contributed by atoms with Crippen LogP contribution in [0.1, 0.15) is 34.1 Å². The summed E-state index contributed by atoms with van der Waals surface area (Å²) in [6.45, 7) is 2.38. The summed E-state index contributed by atoms with van der Waals surface area (Å²) in [6.07, 6.45) is 0.752. The van der Waals surface area contributed by atoms with Crippen LogP contribution in [0.2, 0.25) is 5.02 Å². The largest absolute Gasteiger partial charge is 0.352 e. The quantitative estimate of drug-likeness (QED) is 0.854. The van der Waals surface area contributed by atoms with Gasteiger partial charge < -0.3 is 10.6 Å². The van der Waals surface area contributed by atoms with Crippen molar-refractivity contribution in [2.24, 2.45) is 0 Å². The molecule has 0 saturated heterocycles. The van der Waals surface area contributed by atoms with E-state index < -0.39 is 17.5 Å². The predicted octanol–water partition coefficient (Wildman–Crippen LogP) is 4.01. The van der Waals surface area contributed by atoms with E-state index in [0.29, 0.717) is 17.6 Å². The molecule has 0 aliphatic heterocycles. The highest BCUT2D eigenvalue weighted by atomic mass is 35.5. The highest BCUT2D eigenvalue weighted by Gasteiger charge is 2.17. The lowest BCUT2D eigenvalue weighted by atomic mass is 10.1. The number of halogens is 3. The minimum absolute atomic E-state index is 0.143. The van der Waals surface area contributed by atoms with E-state index in [1.807, 2.05) is 6.92 Å². The third-order valence-electron chi connectivity index (χ3n) is 3.19. The number of rotatable bonds is 5. The lowest BCUT2D eigenvalue weighted by Crippen LogP contribution is -2.26. The smallest absolute Gasteiger partial charge is 0.258 e. The third-order valence-corrected chi connectivity index (χ3v) is 3.42. The molecule has 2 aromatic rings. The summed E-state index contributed by atoms with van der Waals surface area (Å²) < 4.78 is 26.6. The molecule has 0 saturated carbocycles. The van der Waals surface area contributed by atoms with Crippen LogP contribution < -0.4 is 10.6 Å². The van der Waals surface area contributed by atoms with Crippen LogP contribution in [0.15, 0.2) is 36.4 Å². The molecule has 0 fully saturated rings. The Labute approximate surface area is 142 Å². The monoisotopic (exact) mass is 352 g/mol. The Balaban J connectivity index is 2.29. The fourth-order valence-corrected chi connectivity index (χ4v) is 2.19. The lowest BCUT2D eigenvalue weighted by Gasteiger charge is -2.12. The van der Waals surface area contributed by atoms with Crippen molar-refractivity contribution >= 4 is 29.1 Å². The number of hydrogen-bond donors (Lipinski definition) is 2. The van der Waals surface area contributed by atoms with Crippen LogP contribution in [-0.2, 0) is 0 Å². The van der Waals surface area contributed by atoms with Crippen molar-refractivity contribution in [2.75, 3.05) is 11.9 Å². The number of carbonyl (C=O) groups excluding carboxylic acids is 2. The molecule has 0 aromatic heterocycles. The summed E-state index contributed by atoms with van der Waals surface area (Å²) in [4.78, 5) is 24.3. The van der Waals surface area contributed by atoms with Crippen LogP contribution in [-0.4, -0.2) is 18.4 Å². The maximum absolute atomic E-state index is 13.7. The van der Waals surface area contributed by atoms with Gasteiger partial charge in [-0.05, 0) is 36.8 Å². The van der Waals surface area contributed by atoms with Crippen molar-refractivity contribution in [3.8, 4) is 0 Å². The van der Waals surface area contributed by atoms with Gasteiger partial charge in [0, 0.05) is 17.6 Å². The molecule has 2 rings (SSSR count). The van der Waals surface area contributed by atoms with Crippen molar-refractivity contribution in [1.82, 2.24) is 5.32 Å². The van der Waals surface area contributed by atoms with E-state index >= 15 is 0 Å². The van der Waals surface area contributed by atoms with Gasteiger partial charge in [-0.3, -0.25) is 9.59 Å². The van der Waals surface area contributed by atoms with Gasteiger partial charge in [-0.15, -0.1) is 0 Å². The van der Waals surface area contributed by atoms with E-state index in [1.165, 1.54) is 18.2 Å². The molecule has 2 aromatic carbocycles. The number of carbonyl (C=O) groups is 2. The Bertz CT molecular complexity index is 781. The van der Waals surface area contributed by atoms with Gasteiger partial charge in [-0.1, -0.05) is 18.5 Å². The molecule has 4 nitrogen and oxygen atoms in total. The highest BCUT2D eigenvalue weighted by Crippen LogP contribution is 2.22. The third kappa shape index (κ3) is 4.29. The molecular weight excluding hydrogens is 338 g/mol. The molecule has 2 N–H and O–H groups in total. The van der Waals surface area contributed by atoms with Crippen molar-refractivity contribution in [3.63, 3.8) is 0 Å². The van der Waals surface area contributed by atoms with Gasteiger partial charge >= 0.3 is 0 Å². The first-order valence-electron chi connectivity index (χ1n) is 7.26. The normalized spacial score (nSPS) is 10.3. The topological polar surface area (TPSA) is 58.2 Å². The zero-order valence-electron chi connectivity index (χ0n) is 12.8. The highest BCUT2D eigenvalue weighted by molar-refractivity contribution is 6.31. The second-order valence-electron chi connectivity index (χ2n) is 5.02. The first-order valence-corrected chi connectivity index (χ1v) is 7.64. The molecular formula is C17H15ClF2N2O2. The second-order valence-corrected chi connectivity index (χ2v) is 5.46. The van der Waals surface area contributed by atoms with Gasteiger partial charge in [0.25, 0.3) is 11.8 Å². The van der Waals surface area contributed by atoms with Crippen LogP contribution in [0.25, 0.3) is 0 Å². The predicted molar refractivity (Wildman–Crippen MR) is 88.4 cm³/mol. The SMILES string of the molecule is CCCNC(=O)c1ccc(Cl)cc1NC(=O)c1ccc(F)cc1F. The Kier molecular flexibility index (Phi) is 5.87. The molecule has 0 heterocycles. The molecule has 0 radical (unpaired) electrons. The van der Waals surface area contributed by atoms with Crippen LogP contribution in [0.5, 0.6) is 0 Å². The van der Waals surface area contributed by atoms with Crippen LogP contribution in [0.4, 0.5) is 14.5 Å². The molecule has 0 spiro atoms. The Morgan fingerprint density at radius 2 is 1.75 bits per heavy atom. The summed E-state index contributed by atoms with van der Waals surface area (Å²) in [5.74, 6) is -2.97. The van der Waals surface area contributed by atoms with E-state index in [2.05, 4.69) is 10.6 Å². The minimum atomic E-state index is -0.994. The molecule has 0 aliphatic rings. The zero-order chi connectivity index (χ0) is 17.7. The van der Waals surface area contributed by atoms with Gasteiger partial charge in [-0.2, -0.15) is 0 Å². The standard InChI is InChI=1S/C17H15ClF2N2O2/c1-2-7-21-16(23)13-5-3-10(18)8-15(13)22-17(24)12-6-4-11(19)9-14(12)20/h3-6,8-9H,2,7H2,1H3,(H,21,23)(H,22,24). The number of benzene rings is 2. The van der Waals surface area contributed by atoms with Gasteiger partial charge in [0.2, 0.25) is 0 Å². The average Bonchev–Trinajstić information content (AvgIpc) is 2.52. The van der Waals surface area contributed by atoms with E-state index in [0.717, 1.165) is 18.6 Å².